The zero-order valence-electron chi connectivity index (χ0n) is 9.39. The Balaban J connectivity index is 2.51. The van der Waals surface area contributed by atoms with Crippen LogP contribution in [0, 0.1) is 5.82 Å². The molecular weight excluding hydrogens is 264 g/mol. The topological polar surface area (TPSA) is 46.0 Å². The molecule has 100 valence electrons. The fraction of sp³-hybridized carbons (Fsp3) is 0.167. The lowest BCUT2D eigenvalue weighted by molar-refractivity contribution is -0.139. The summed E-state index contributed by atoms with van der Waals surface area (Å²) in [5.41, 5.74) is -2.08. The van der Waals surface area contributed by atoms with E-state index in [9.17, 15) is 22.7 Å². The van der Waals surface area contributed by atoms with Crippen LogP contribution in [-0.2, 0) is 6.18 Å². The zero-order chi connectivity index (χ0) is 14.0. The molecule has 0 bridgehead atoms. The van der Waals surface area contributed by atoms with E-state index < -0.39 is 34.9 Å². The van der Waals surface area contributed by atoms with Crippen molar-refractivity contribution >= 4 is 0 Å². The molecule has 1 unspecified atom stereocenters. The number of hydrogen-bond donors (Lipinski definition) is 1. The molecule has 0 fully saturated rings. The van der Waals surface area contributed by atoms with Gasteiger partial charge in [-0.25, -0.2) is 4.39 Å². The lowest BCUT2D eigenvalue weighted by Gasteiger charge is -2.16. The van der Waals surface area contributed by atoms with Gasteiger partial charge in [0.15, 0.2) is 0 Å². The second-order valence-electron chi connectivity index (χ2n) is 3.73. The van der Waals surface area contributed by atoms with Gasteiger partial charge in [0.05, 0.1) is 5.56 Å². The first kappa shape index (κ1) is 13.4. The number of alkyl halides is 3. The number of aliphatic hydroxyl groups excluding tert-OH is 1. The first-order chi connectivity index (χ1) is 8.91. The van der Waals surface area contributed by atoms with Gasteiger partial charge in [-0.15, -0.1) is 0 Å². The lowest BCUT2D eigenvalue weighted by atomic mass is 10.0. The number of nitrogens with zero attached hydrogens (tertiary/aromatic N) is 2. The smallest absolute Gasteiger partial charge is 0.382 e. The Morgan fingerprint density at radius 3 is 2.53 bits per heavy atom. The highest BCUT2D eigenvalue weighted by atomic mass is 19.4. The highest BCUT2D eigenvalue weighted by Gasteiger charge is 2.36. The number of aliphatic hydroxyl groups is 1. The van der Waals surface area contributed by atoms with E-state index in [0.29, 0.717) is 0 Å². The first-order valence-electron chi connectivity index (χ1n) is 5.21. The minimum atomic E-state index is -4.66. The molecule has 2 aromatic heterocycles. The number of rotatable bonds is 2. The maximum absolute atomic E-state index is 13.4. The van der Waals surface area contributed by atoms with Crippen LogP contribution in [-0.4, -0.2) is 15.1 Å². The highest BCUT2D eigenvalue weighted by molar-refractivity contribution is 5.33. The van der Waals surface area contributed by atoms with Crippen molar-refractivity contribution in [2.24, 2.45) is 0 Å². The summed E-state index contributed by atoms with van der Waals surface area (Å²) in [6.45, 7) is 0. The van der Waals surface area contributed by atoms with Crippen LogP contribution in [0.4, 0.5) is 17.6 Å². The molecule has 0 saturated carbocycles. The second kappa shape index (κ2) is 4.93. The quantitative estimate of drug-likeness (QED) is 0.855. The Bertz CT molecular complexity index is 586. The molecule has 0 aliphatic rings. The second-order valence-corrected chi connectivity index (χ2v) is 3.73. The van der Waals surface area contributed by atoms with Gasteiger partial charge < -0.3 is 5.11 Å². The summed E-state index contributed by atoms with van der Waals surface area (Å²) < 4.78 is 51.7. The van der Waals surface area contributed by atoms with E-state index in [1.54, 1.807) is 0 Å². The van der Waals surface area contributed by atoms with Crippen LogP contribution in [0.3, 0.4) is 0 Å². The monoisotopic (exact) mass is 272 g/mol. The maximum Gasteiger partial charge on any atom is 0.416 e. The van der Waals surface area contributed by atoms with Crippen molar-refractivity contribution < 1.29 is 22.7 Å². The van der Waals surface area contributed by atoms with E-state index in [2.05, 4.69) is 9.97 Å². The van der Waals surface area contributed by atoms with Crippen LogP contribution in [0.15, 0.2) is 36.8 Å². The molecule has 2 aromatic rings. The van der Waals surface area contributed by atoms with E-state index in [0.717, 1.165) is 24.5 Å². The van der Waals surface area contributed by atoms with Crippen LogP contribution < -0.4 is 0 Å². The van der Waals surface area contributed by atoms with Crippen LogP contribution in [0.25, 0.3) is 0 Å². The Labute approximate surface area is 105 Å². The Hall–Kier alpha value is -2.02. The molecule has 0 amide bonds. The molecule has 0 aliphatic carbocycles. The molecule has 0 saturated heterocycles. The number of pyridine rings is 2. The molecule has 0 aliphatic heterocycles. The van der Waals surface area contributed by atoms with Gasteiger partial charge in [0, 0.05) is 24.2 Å². The minimum Gasteiger partial charge on any atom is -0.382 e. The first-order valence-corrected chi connectivity index (χ1v) is 5.21. The molecule has 2 heterocycles. The number of aromatic nitrogens is 2. The Morgan fingerprint density at radius 2 is 1.89 bits per heavy atom. The Morgan fingerprint density at radius 1 is 1.16 bits per heavy atom. The van der Waals surface area contributed by atoms with Crippen LogP contribution >= 0.6 is 0 Å². The van der Waals surface area contributed by atoms with Crippen LogP contribution in [0.5, 0.6) is 0 Å². The fourth-order valence-corrected chi connectivity index (χ4v) is 1.63. The van der Waals surface area contributed by atoms with E-state index >= 15 is 0 Å². The lowest BCUT2D eigenvalue weighted by Crippen LogP contribution is -2.14. The molecular formula is C12H8F4N2O. The molecule has 7 heteroatoms. The van der Waals surface area contributed by atoms with E-state index in [1.807, 2.05) is 0 Å². The molecule has 1 N–H and O–H groups in total. The number of halogens is 4. The molecule has 0 radical (unpaired) electrons. The molecule has 3 nitrogen and oxygen atoms in total. The van der Waals surface area contributed by atoms with Gasteiger partial charge in [0.1, 0.15) is 17.6 Å². The SMILES string of the molecule is OC(c1cnccc1C(F)(F)F)c1ncccc1F. The van der Waals surface area contributed by atoms with Gasteiger partial charge in [-0.05, 0) is 18.2 Å². The average Bonchev–Trinajstić information content (AvgIpc) is 2.37. The third-order valence-corrected chi connectivity index (χ3v) is 2.50. The third kappa shape index (κ3) is 2.70. The van der Waals surface area contributed by atoms with Gasteiger partial charge >= 0.3 is 6.18 Å². The summed E-state index contributed by atoms with van der Waals surface area (Å²) in [7, 11) is 0. The molecule has 0 spiro atoms. The minimum absolute atomic E-state index is 0.471. The van der Waals surface area contributed by atoms with Gasteiger partial charge in [-0.3, -0.25) is 9.97 Å². The average molecular weight is 272 g/mol. The third-order valence-electron chi connectivity index (χ3n) is 2.50. The predicted octanol–water partition coefficient (Wildman–Crippen LogP) is 2.72. The summed E-state index contributed by atoms with van der Waals surface area (Å²) in [5.74, 6) is -0.882. The van der Waals surface area contributed by atoms with Crippen molar-refractivity contribution in [3.63, 3.8) is 0 Å². The fourth-order valence-electron chi connectivity index (χ4n) is 1.63. The van der Waals surface area contributed by atoms with Crippen molar-refractivity contribution in [3.8, 4) is 0 Å². The summed E-state index contributed by atoms with van der Waals surface area (Å²) in [4.78, 5) is 7.08. The molecule has 0 aromatic carbocycles. The van der Waals surface area contributed by atoms with E-state index in [4.69, 9.17) is 0 Å². The molecule has 1 atom stereocenters. The van der Waals surface area contributed by atoms with Crippen LogP contribution in [0.2, 0.25) is 0 Å². The van der Waals surface area contributed by atoms with Crippen molar-refractivity contribution in [1.29, 1.82) is 0 Å². The van der Waals surface area contributed by atoms with Gasteiger partial charge in [0.25, 0.3) is 0 Å². The van der Waals surface area contributed by atoms with Gasteiger partial charge in [-0.2, -0.15) is 13.2 Å². The van der Waals surface area contributed by atoms with Crippen molar-refractivity contribution in [2.45, 2.75) is 12.3 Å². The normalized spacial score (nSPS) is 13.3. The Kier molecular flexibility index (Phi) is 3.48. The van der Waals surface area contributed by atoms with Crippen molar-refractivity contribution in [2.75, 3.05) is 0 Å². The van der Waals surface area contributed by atoms with Gasteiger partial charge in [0.2, 0.25) is 0 Å². The van der Waals surface area contributed by atoms with Gasteiger partial charge in [-0.1, -0.05) is 0 Å². The molecule has 19 heavy (non-hydrogen) atoms. The van der Waals surface area contributed by atoms with Crippen LogP contribution in [0.1, 0.15) is 22.9 Å². The zero-order valence-corrected chi connectivity index (χ0v) is 9.39. The molecule has 2 rings (SSSR count). The summed E-state index contributed by atoms with van der Waals surface area (Å²) in [6.07, 6.45) is -3.50. The highest BCUT2D eigenvalue weighted by Crippen LogP contribution is 2.35. The standard InChI is InChI=1S/C12H8F4N2O/c13-9-2-1-4-18-10(9)11(19)7-6-17-5-3-8(7)12(14,15)16/h1-6,11,19H. The summed E-state index contributed by atoms with van der Waals surface area (Å²) in [6, 6.07) is 3.01. The number of hydrogen-bond acceptors (Lipinski definition) is 3. The summed E-state index contributed by atoms with van der Waals surface area (Å²) >= 11 is 0. The summed E-state index contributed by atoms with van der Waals surface area (Å²) in [5, 5.41) is 9.87. The van der Waals surface area contributed by atoms with E-state index in [-0.39, 0.29) is 0 Å². The van der Waals surface area contributed by atoms with Crippen molar-refractivity contribution in [1.82, 2.24) is 9.97 Å². The van der Waals surface area contributed by atoms with Crippen molar-refractivity contribution in [3.05, 3.63) is 59.4 Å². The largest absolute Gasteiger partial charge is 0.416 e. The van der Waals surface area contributed by atoms with E-state index in [1.165, 1.54) is 12.3 Å². The maximum atomic E-state index is 13.4. The predicted molar refractivity (Wildman–Crippen MR) is 57.5 cm³/mol.